The minimum absolute atomic E-state index is 0.152. The highest BCUT2D eigenvalue weighted by Gasteiger charge is 2.43. The van der Waals surface area contributed by atoms with Crippen LogP contribution in [-0.4, -0.2) is 73.5 Å². The van der Waals surface area contributed by atoms with Gasteiger partial charge in [0, 0.05) is 37.3 Å². The first-order chi connectivity index (χ1) is 15.6. The molecule has 2 heterocycles. The largest absolute Gasteiger partial charge is 0.496 e. The Morgan fingerprint density at radius 2 is 1.44 bits per heavy atom. The number of amides is 2. The number of nitrogens with zero attached hydrogens (tertiary/aromatic N) is 3. The lowest BCUT2D eigenvalue weighted by molar-refractivity contribution is -0.138. The first kappa shape index (κ1) is 21.9. The average molecular weight is 436 g/mol. The molecule has 0 spiro atoms. The van der Waals surface area contributed by atoms with E-state index in [2.05, 4.69) is 16.7 Å². The number of hydrogen-bond acceptors (Lipinski definition) is 6. The quantitative estimate of drug-likeness (QED) is 0.623. The summed E-state index contributed by atoms with van der Waals surface area (Å²) in [7, 11) is 3.16. The summed E-state index contributed by atoms with van der Waals surface area (Å²) < 4.78 is 11.0. The molecule has 2 aromatic carbocycles. The van der Waals surface area contributed by atoms with Crippen molar-refractivity contribution in [2.45, 2.75) is 13.5 Å². The maximum absolute atomic E-state index is 13.7. The van der Waals surface area contributed by atoms with E-state index in [0.29, 0.717) is 41.4 Å². The fourth-order valence-electron chi connectivity index (χ4n) is 4.39. The van der Waals surface area contributed by atoms with Gasteiger partial charge in [0.05, 0.1) is 26.3 Å². The standard InChI is InChI=1S/C25H29N3O4/c1-4-26-13-15-27(16-14-26)23-22(19-10-6-8-12-21(19)32-3)24(29)28(25(23)30)17-18-9-5-7-11-20(18)31-2/h5-12H,4,13-17H2,1-3H3. The van der Waals surface area contributed by atoms with Crippen molar-refractivity contribution >= 4 is 17.4 Å². The molecule has 2 aliphatic rings. The molecule has 168 valence electrons. The number of carbonyl (C=O) groups excluding carboxylic acids is 2. The van der Waals surface area contributed by atoms with Crippen molar-refractivity contribution in [2.75, 3.05) is 46.9 Å². The highest BCUT2D eigenvalue weighted by molar-refractivity contribution is 6.35. The van der Waals surface area contributed by atoms with Crippen LogP contribution >= 0.6 is 0 Å². The van der Waals surface area contributed by atoms with Gasteiger partial charge in [-0.25, -0.2) is 0 Å². The van der Waals surface area contributed by atoms with Crippen LogP contribution in [0.25, 0.3) is 5.57 Å². The van der Waals surface area contributed by atoms with Crippen LogP contribution in [0.15, 0.2) is 54.2 Å². The fraction of sp³-hybridized carbons (Fsp3) is 0.360. The van der Waals surface area contributed by atoms with Crippen molar-refractivity contribution < 1.29 is 19.1 Å². The smallest absolute Gasteiger partial charge is 0.278 e. The zero-order chi connectivity index (χ0) is 22.7. The van der Waals surface area contributed by atoms with E-state index in [1.54, 1.807) is 14.2 Å². The van der Waals surface area contributed by atoms with E-state index in [0.717, 1.165) is 25.2 Å². The first-order valence-electron chi connectivity index (χ1n) is 10.9. The molecule has 0 aromatic heterocycles. The number of methoxy groups -OCH3 is 2. The average Bonchev–Trinajstić information content (AvgIpc) is 3.09. The Kier molecular flexibility index (Phi) is 6.46. The first-order valence-corrected chi connectivity index (χ1v) is 10.9. The van der Waals surface area contributed by atoms with E-state index in [9.17, 15) is 9.59 Å². The van der Waals surface area contributed by atoms with Gasteiger partial charge in [-0.2, -0.15) is 0 Å². The van der Waals surface area contributed by atoms with E-state index in [1.165, 1.54) is 4.90 Å². The highest BCUT2D eigenvalue weighted by atomic mass is 16.5. The van der Waals surface area contributed by atoms with Crippen molar-refractivity contribution in [3.05, 3.63) is 65.4 Å². The van der Waals surface area contributed by atoms with Gasteiger partial charge in [-0.05, 0) is 18.7 Å². The van der Waals surface area contributed by atoms with E-state index < -0.39 is 0 Å². The number of benzene rings is 2. The Balaban J connectivity index is 1.75. The molecular formula is C25H29N3O4. The third kappa shape index (κ3) is 3.96. The lowest BCUT2D eigenvalue weighted by atomic mass is 10.0. The van der Waals surface area contributed by atoms with Crippen molar-refractivity contribution in [1.29, 1.82) is 0 Å². The zero-order valence-electron chi connectivity index (χ0n) is 18.8. The number of ether oxygens (including phenoxy) is 2. The lowest BCUT2D eigenvalue weighted by Crippen LogP contribution is -2.47. The summed E-state index contributed by atoms with van der Waals surface area (Å²) in [4.78, 5) is 33.1. The number of likely N-dealkylation sites (N-methyl/N-ethyl adjacent to an activating group) is 1. The van der Waals surface area contributed by atoms with Crippen molar-refractivity contribution in [1.82, 2.24) is 14.7 Å². The van der Waals surface area contributed by atoms with Gasteiger partial charge >= 0.3 is 0 Å². The van der Waals surface area contributed by atoms with E-state index in [1.807, 2.05) is 48.5 Å². The van der Waals surface area contributed by atoms with Gasteiger partial charge in [0.25, 0.3) is 11.8 Å². The maximum Gasteiger partial charge on any atom is 0.278 e. The molecule has 7 nitrogen and oxygen atoms in total. The Morgan fingerprint density at radius 1 is 0.812 bits per heavy atom. The van der Waals surface area contributed by atoms with Gasteiger partial charge in [-0.15, -0.1) is 0 Å². The SMILES string of the molecule is CCN1CCN(C2=C(c3ccccc3OC)C(=O)N(Cc3ccccc3OC)C2=O)CC1. The molecule has 0 radical (unpaired) electrons. The minimum atomic E-state index is -0.307. The number of piperazine rings is 1. The molecule has 2 aromatic rings. The van der Waals surface area contributed by atoms with Crippen LogP contribution in [0, 0.1) is 0 Å². The van der Waals surface area contributed by atoms with E-state index in [-0.39, 0.29) is 18.4 Å². The predicted octanol–water partition coefficient (Wildman–Crippen LogP) is 2.62. The molecule has 4 rings (SSSR count). The second kappa shape index (κ2) is 9.44. The van der Waals surface area contributed by atoms with Crippen molar-refractivity contribution in [3.8, 4) is 11.5 Å². The van der Waals surface area contributed by atoms with Crippen molar-refractivity contribution in [2.24, 2.45) is 0 Å². The zero-order valence-corrected chi connectivity index (χ0v) is 18.8. The van der Waals surface area contributed by atoms with E-state index >= 15 is 0 Å². The molecule has 0 unspecified atom stereocenters. The van der Waals surface area contributed by atoms with Crippen LogP contribution in [0.2, 0.25) is 0 Å². The van der Waals surface area contributed by atoms with Gasteiger partial charge < -0.3 is 19.3 Å². The topological polar surface area (TPSA) is 62.3 Å². The Hall–Kier alpha value is -3.32. The second-order valence-corrected chi connectivity index (χ2v) is 7.85. The molecule has 0 atom stereocenters. The fourth-order valence-corrected chi connectivity index (χ4v) is 4.39. The van der Waals surface area contributed by atoms with E-state index in [4.69, 9.17) is 9.47 Å². The van der Waals surface area contributed by atoms with Gasteiger partial charge in [0.15, 0.2) is 0 Å². The number of carbonyl (C=O) groups is 2. The third-order valence-corrected chi connectivity index (χ3v) is 6.18. The summed E-state index contributed by atoms with van der Waals surface area (Å²) in [5.74, 6) is 0.648. The molecule has 0 bridgehead atoms. The molecule has 2 amide bonds. The molecular weight excluding hydrogens is 406 g/mol. The van der Waals surface area contributed by atoms with Gasteiger partial charge in [0.1, 0.15) is 17.2 Å². The number of imide groups is 1. The Bertz CT molecular complexity index is 1040. The van der Waals surface area contributed by atoms with Crippen LogP contribution in [-0.2, 0) is 16.1 Å². The number of para-hydroxylation sites is 2. The molecule has 7 heteroatoms. The van der Waals surface area contributed by atoms with Gasteiger partial charge in [0.2, 0.25) is 0 Å². The van der Waals surface area contributed by atoms with Crippen LogP contribution in [0.4, 0.5) is 0 Å². The van der Waals surface area contributed by atoms with Crippen LogP contribution in [0.1, 0.15) is 18.1 Å². The molecule has 32 heavy (non-hydrogen) atoms. The minimum Gasteiger partial charge on any atom is -0.496 e. The highest BCUT2D eigenvalue weighted by Crippen LogP contribution is 2.37. The summed E-state index contributed by atoms with van der Waals surface area (Å²) in [6.07, 6.45) is 0. The molecule has 1 saturated heterocycles. The van der Waals surface area contributed by atoms with Gasteiger partial charge in [-0.3, -0.25) is 14.5 Å². The molecule has 1 fully saturated rings. The van der Waals surface area contributed by atoms with Crippen LogP contribution in [0.5, 0.6) is 11.5 Å². The summed E-state index contributed by atoms with van der Waals surface area (Å²) in [6, 6.07) is 14.8. The molecule has 2 aliphatic heterocycles. The normalized spacial score (nSPS) is 17.3. The molecule has 0 saturated carbocycles. The number of rotatable bonds is 7. The summed E-state index contributed by atoms with van der Waals surface area (Å²) in [5, 5.41) is 0. The second-order valence-electron chi connectivity index (χ2n) is 7.85. The Morgan fingerprint density at radius 3 is 2.09 bits per heavy atom. The number of hydrogen-bond donors (Lipinski definition) is 0. The van der Waals surface area contributed by atoms with Gasteiger partial charge in [-0.1, -0.05) is 43.3 Å². The van der Waals surface area contributed by atoms with Crippen molar-refractivity contribution in [3.63, 3.8) is 0 Å². The lowest BCUT2D eigenvalue weighted by Gasteiger charge is -2.36. The maximum atomic E-state index is 13.7. The summed E-state index contributed by atoms with van der Waals surface area (Å²) in [6.45, 7) is 6.36. The monoisotopic (exact) mass is 435 g/mol. The third-order valence-electron chi connectivity index (χ3n) is 6.18. The van der Waals surface area contributed by atoms with Crippen LogP contribution < -0.4 is 9.47 Å². The van der Waals surface area contributed by atoms with Crippen LogP contribution in [0.3, 0.4) is 0 Å². The Labute approximate surface area is 188 Å². The summed E-state index contributed by atoms with van der Waals surface area (Å²) >= 11 is 0. The molecule has 0 N–H and O–H groups in total. The predicted molar refractivity (Wildman–Crippen MR) is 122 cm³/mol. The molecule has 0 aliphatic carbocycles. The summed E-state index contributed by atoms with van der Waals surface area (Å²) in [5.41, 5.74) is 2.30.